The average molecular weight is 522 g/mol. The molecule has 1 unspecified atom stereocenters. The number of hydrogen-bond donors (Lipinski definition) is 1. The lowest BCUT2D eigenvalue weighted by Crippen LogP contribution is -2.48. The van der Waals surface area contributed by atoms with Crippen LogP contribution < -0.4 is 15.0 Å². The quantitative estimate of drug-likeness (QED) is 0.288. The lowest BCUT2D eigenvalue weighted by molar-refractivity contribution is -0.122. The summed E-state index contributed by atoms with van der Waals surface area (Å²) in [4.78, 5) is 29.6. The Labute approximate surface area is 221 Å². The number of thiocarbonyl (C=S) groups is 1. The molecule has 0 radical (unpaired) electrons. The van der Waals surface area contributed by atoms with Crippen molar-refractivity contribution >= 4 is 52.1 Å². The van der Waals surface area contributed by atoms with Gasteiger partial charge >= 0.3 is 0 Å². The van der Waals surface area contributed by atoms with Gasteiger partial charge in [0.05, 0.1) is 18.7 Å². The van der Waals surface area contributed by atoms with Crippen molar-refractivity contribution in [3.05, 3.63) is 89.4 Å². The first-order valence-corrected chi connectivity index (χ1v) is 12.7. The number of anilines is 2. The molecule has 1 fully saturated rings. The molecule has 0 saturated carbocycles. The Bertz CT molecular complexity index is 1200. The number of ether oxygens (including phenoxy) is 1. The van der Waals surface area contributed by atoms with Crippen LogP contribution in [-0.4, -0.2) is 41.0 Å². The molecular formula is C28H28ClN3O3S. The van der Waals surface area contributed by atoms with E-state index in [1.807, 2.05) is 54.3 Å². The average Bonchev–Trinajstić information content (AvgIpc) is 3.18. The molecule has 36 heavy (non-hydrogen) atoms. The first kappa shape index (κ1) is 25.7. The molecule has 0 spiro atoms. The van der Waals surface area contributed by atoms with Crippen molar-refractivity contribution in [1.82, 2.24) is 4.90 Å². The van der Waals surface area contributed by atoms with E-state index in [4.69, 9.17) is 28.6 Å². The van der Waals surface area contributed by atoms with Gasteiger partial charge in [-0.2, -0.15) is 0 Å². The number of carbonyl (C=O) groups is 2. The van der Waals surface area contributed by atoms with Crippen LogP contribution in [0, 0.1) is 0 Å². The summed E-state index contributed by atoms with van der Waals surface area (Å²) in [5.74, 6) is 0.149. The minimum Gasteiger partial charge on any atom is -0.494 e. The van der Waals surface area contributed by atoms with E-state index in [0.29, 0.717) is 41.1 Å². The van der Waals surface area contributed by atoms with Gasteiger partial charge < -0.3 is 15.0 Å². The Morgan fingerprint density at radius 3 is 2.42 bits per heavy atom. The van der Waals surface area contributed by atoms with E-state index < -0.39 is 6.04 Å². The number of imide groups is 1. The maximum atomic E-state index is 13.6. The van der Waals surface area contributed by atoms with E-state index in [-0.39, 0.29) is 18.2 Å². The van der Waals surface area contributed by atoms with Gasteiger partial charge in [0, 0.05) is 17.3 Å². The Balaban J connectivity index is 1.54. The molecule has 3 aromatic rings. The zero-order valence-corrected chi connectivity index (χ0v) is 21.6. The van der Waals surface area contributed by atoms with Gasteiger partial charge in [0.15, 0.2) is 5.11 Å². The highest BCUT2D eigenvalue weighted by Gasteiger charge is 2.43. The maximum absolute atomic E-state index is 13.6. The lowest BCUT2D eigenvalue weighted by Gasteiger charge is -2.30. The van der Waals surface area contributed by atoms with Crippen molar-refractivity contribution in [3.63, 3.8) is 0 Å². The van der Waals surface area contributed by atoms with Crippen LogP contribution >= 0.6 is 23.8 Å². The van der Waals surface area contributed by atoms with Gasteiger partial charge in [-0.15, -0.1) is 0 Å². The summed E-state index contributed by atoms with van der Waals surface area (Å²) in [6.45, 7) is 3.12. The molecule has 1 N–H and O–H groups in total. The third-order valence-electron chi connectivity index (χ3n) is 5.91. The number of nitrogens with zero attached hydrogens (tertiary/aromatic N) is 2. The molecule has 1 aliphatic rings. The van der Waals surface area contributed by atoms with Gasteiger partial charge in [-0.25, -0.2) is 4.90 Å². The summed E-state index contributed by atoms with van der Waals surface area (Å²) in [7, 11) is 0. The summed E-state index contributed by atoms with van der Waals surface area (Å²) in [6.07, 6.45) is 1.62. The number of amides is 2. The maximum Gasteiger partial charge on any atom is 0.257 e. The van der Waals surface area contributed by atoms with Crippen molar-refractivity contribution in [3.8, 4) is 5.75 Å². The Hall–Kier alpha value is -3.42. The van der Waals surface area contributed by atoms with E-state index >= 15 is 0 Å². The number of nitrogens with one attached hydrogen (secondary N) is 1. The summed E-state index contributed by atoms with van der Waals surface area (Å²) >= 11 is 11.7. The van der Waals surface area contributed by atoms with E-state index in [9.17, 15) is 9.59 Å². The molecule has 6 nitrogen and oxygen atoms in total. The van der Waals surface area contributed by atoms with Crippen LogP contribution in [-0.2, 0) is 16.0 Å². The summed E-state index contributed by atoms with van der Waals surface area (Å²) in [5, 5.41) is 4.20. The first-order chi connectivity index (χ1) is 17.5. The summed E-state index contributed by atoms with van der Waals surface area (Å²) < 4.78 is 5.62. The monoisotopic (exact) mass is 521 g/mol. The van der Waals surface area contributed by atoms with Gasteiger partial charge in [-0.05, 0) is 79.2 Å². The molecule has 2 amide bonds. The largest absolute Gasteiger partial charge is 0.494 e. The number of rotatable bonds is 9. The molecule has 8 heteroatoms. The number of halogens is 1. The molecule has 0 aromatic heterocycles. The van der Waals surface area contributed by atoms with Crippen molar-refractivity contribution in [1.29, 1.82) is 0 Å². The van der Waals surface area contributed by atoms with Gasteiger partial charge in [-0.3, -0.25) is 9.59 Å². The Morgan fingerprint density at radius 2 is 1.75 bits per heavy atom. The fraction of sp³-hybridized carbons (Fsp3) is 0.250. The first-order valence-electron chi connectivity index (χ1n) is 11.9. The molecule has 1 heterocycles. The smallest absolute Gasteiger partial charge is 0.257 e. The standard InChI is InChI=1S/C28H28ClN3O3S/c1-2-18-35-24-14-12-23(13-15-24)32-26(33)19-25(27(32)34)31(17-16-20-6-4-3-5-7-20)28(36)30-22-10-8-21(29)9-11-22/h3-15,25H,2,16-19H2,1H3,(H,30,36). The molecule has 1 atom stereocenters. The fourth-order valence-electron chi connectivity index (χ4n) is 4.06. The third kappa shape index (κ3) is 6.22. The van der Waals surface area contributed by atoms with E-state index in [2.05, 4.69) is 5.32 Å². The van der Waals surface area contributed by atoms with Crippen LogP contribution in [0.2, 0.25) is 5.02 Å². The van der Waals surface area contributed by atoms with Crippen molar-refractivity contribution in [2.45, 2.75) is 32.2 Å². The zero-order chi connectivity index (χ0) is 25.5. The second kappa shape index (κ2) is 12.0. The van der Waals surface area contributed by atoms with Crippen LogP contribution in [0.3, 0.4) is 0 Å². The van der Waals surface area contributed by atoms with Crippen LogP contribution in [0.15, 0.2) is 78.9 Å². The topological polar surface area (TPSA) is 61.9 Å². The molecule has 0 aliphatic carbocycles. The highest BCUT2D eigenvalue weighted by atomic mass is 35.5. The second-order valence-electron chi connectivity index (χ2n) is 8.50. The molecule has 1 saturated heterocycles. The van der Waals surface area contributed by atoms with E-state index in [1.165, 1.54) is 4.90 Å². The lowest BCUT2D eigenvalue weighted by atomic mass is 10.1. The molecular weight excluding hydrogens is 494 g/mol. The van der Waals surface area contributed by atoms with Gasteiger partial charge in [0.1, 0.15) is 11.8 Å². The van der Waals surface area contributed by atoms with Crippen molar-refractivity contribution in [2.24, 2.45) is 0 Å². The van der Waals surface area contributed by atoms with Crippen LogP contribution in [0.1, 0.15) is 25.3 Å². The number of hydrogen-bond acceptors (Lipinski definition) is 4. The number of carbonyl (C=O) groups excluding carboxylic acids is 2. The van der Waals surface area contributed by atoms with Crippen LogP contribution in [0.4, 0.5) is 11.4 Å². The Morgan fingerprint density at radius 1 is 1.06 bits per heavy atom. The molecule has 0 bridgehead atoms. The summed E-state index contributed by atoms with van der Waals surface area (Å²) in [6, 6.07) is 23.5. The van der Waals surface area contributed by atoms with Crippen molar-refractivity contribution in [2.75, 3.05) is 23.4 Å². The van der Waals surface area contributed by atoms with Gasteiger partial charge in [0.2, 0.25) is 5.91 Å². The van der Waals surface area contributed by atoms with Crippen molar-refractivity contribution < 1.29 is 14.3 Å². The molecule has 3 aromatic carbocycles. The summed E-state index contributed by atoms with van der Waals surface area (Å²) in [5.41, 5.74) is 2.40. The van der Waals surface area contributed by atoms with E-state index in [1.54, 1.807) is 36.4 Å². The fourth-order valence-corrected chi connectivity index (χ4v) is 4.53. The van der Waals surface area contributed by atoms with Gasteiger partial charge in [-0.1, -0.05) is 48.9 Å². The minimum absolute atomic E-state index is 0.0458. The predicted molar refractivity (Wildman–Crippen MR) is 148 cm³/mol. The van der Waals surface area contributed by atoms with Crippen LogP contribution in [0.5, 0.6) is 5.75 Å². The molecule has 186 valence electrons. The normalized spacial score (nSPS) is 15.2. The van der Waals surface area contributed by atoms with E-state index in [0.717, 1.165) is 17.7 Å². The number of benzene rings is 3. The van der Waals surface area contributed by atoms with Crippen LogP contribution in [0.25, 0.3) is 0 Å². The predicted octanol–water partition coefficient (Wildman–Crippen LogP) is 5.70. The SMILES string of the molecule is CCCOc1ccc(N2C(=O)CC(N(CCc3ccccc3)C(=S)Nc3ccc(Cl)cc3)C2=O)cc1. The van der Waals surface area contributed by atoms with Gasteiger partial charge in [0.25, 0.3) is 5.91 Å². The third-order valence-corrected chi connectivity index (χ3v) is 6.50. The highest BCUT2D eigenvalue weighted by Crippen LogP contribution is 2.28. The highest BCUT2D eigenvalue weighted by molar-refractivity contribution is 7.80. The second-order valence-corrected chi connectivity index (χ2v) is 9.32. The minimum atomic E-state index is -0.704. The zero-order valence-electron chi connectivity index (χ0n) is 20.0. The Kier molecular flexibility index (Phi) is 8.57. The molecule has 1 aliphatic heterocycles. The molecule has 4 rings (SSSR count).